The molecular weight excluding hydrogens is 311 g/mol. The summed E-state index contributed by atoms with van der Waals surface area (Å²) >= 11 is 0. The van der Waals surface area contributed by atoms with E-state index in [1.807, 2.05) is 14.0 Å². The van der Waals surface area contributed by atoms with Crippen molar-refractivity contribution in [2.75, 3.05) is 5.73 Å². The first-order valence-corrected chi connectivity index (χ1v) is 7.16. The van der Waals surface area contributed by atoms with Crippen molar-refractivity contribution in [3.8, 4) is 22.3 Å². The zero-order chi connectivity index (χ0) is 17.4. The first-order chi connectivity index (χ1) is 11.4. The summed E-state index contributed by atoms with van der Waals surface area (Å²) < 4.78 is 15.7. The molecule has 1 aromatic carbocycles. The van der Waals surface area contributed by atoms with E-state index < -0.39 is 11.8 Å². The summed E-state index contributed by atoms with van der Waals surface area (Å²) in [6.45, 7) is 1.93. The van der Waals surface area contributed by atoms with E-state index in [1.54, 1.807) is 23.1 Å². The third kappa shape index (κ3) is 2.60. The van der Waals surface area contributed by atoms with Crippen LogP contribution in [0.15, 0.2) is 36.7 Å². The third-order valence-corrected chi connectivity index (χ3v) is 3.98. The van der Waals surface area contributed by atoms with E-state index in [-0.39, 0.29) is 11.4 Å². The predicted octanol–water partition coefficient (Wildman–Crippen LogP) is 2.88. The van der Waals surface area contributed by atoms with E-state index in [0.29, 0.717) is 11.1 Å². The number of halogens is 1. The lowest BCUT2D eigenvalue weighted by Crippen LogP contribution is -2.01. The van der Waals surface area contributed by atoms with Crippen molar-refractivity contribution in [1.29, 1.82) is 0 Å². The van der Waals surface area contributed by atoms with Crippen LogP contribution in [0.2, 0.25) is 0 Å². The van der Waals surface area contributed by atoms with E-state index >= 15 is 0 Å². The van der Waals surface area contributed by atoms with Gasteiger partial charge in [-0.15, -0.1) is 0 Å². The van der Waals surface area contributed by atoms with E-state index in [2.05, 4.69) is 10.1 Å². The van der Waals surface area contributed by atoms with E-state index in [4.69, 9.17) is 10.8 Å². The molecule has 3 aromatic rings. The fraction of sp³-hybridized carbons (Fsp3) is 0.118. The van der Waals surface area contributed by atoms with Gasteiger partial charge in [-0.2, -0.15) is 5.10 Å². The minimum absolute atomic E-state index is 0.239. The quantitative estimate of drug-likeness (QED) is 0.772. The lowest BCUT2D eigenvalue weighted by atomic mass is 10.00. The van der Waals surface area contributed by atoms with Crippen LogP contribution in [-0.2, 0) is 7.05 Å². The molecule has 0 saturated carbocycles. The molecule has 2 aromatic heterocycles. The van der Waals surface area contributed by atoms with Crippen molar-refractivity contribution >= 4 is 11.8 Å². The molecule has 6 nitrogen and oxygen atoms in total. The molecule has 122 valence electrons. The maximum absolute atomic E-state index is 14.0. The van der Waals surface area contributed by atoms with E-state index in [9.17, 15) is 9.18 Å². The molecule has 7 heteroatoms. The number of aromatic nitrogens is 3. The summed E-state index contributed by atoms with van der Waals surface area (Å²) in [7, 11) is 1.84. The Labute approximate surface area is 137 Å². The van der Waals surface area contributed by atoms with E-state index in [1.165, 1.54) is 12.1 Å². The van der Waals surface area contributed by atoms with Crippen molar-refractivity contribution in [3.63, 3.8) is 0 Å². The number of carboxylic acid groups (broad SMARTS) is 1. The molecule has 0 aliphatic carbocycles. The molecule has 0 aliphatic heterocycles. The molecular formula is C17H15FN4O2. The molecule has 0 radical (unpaired) electrons. The van der Waals surface area contributed by atoms with Gasteiger partial charge in [-0.3, -0.25) is 4.68 Å². The van der Waals surface area contributed by atoms with Crippen LogP contribution in [0.4, 0.5) is 10.2 Å². The SMILES string of the molecule is Cc1c(-c2cnc(N)c(-c3ccc(C(=O)O)c(F)c3)c2)cnn1C. The molecule has 3 N–H and O–H groups in total. The Morgan fingerprint density at radius 2 is 1.96 bits per heavy atom. The second-order valence-electron chi connectivity index (χ2n) is 5.42. The minimum Gasteiger partial charge on any atom is -0.478 e. The molecule has 0 bridgehead atoms. The summed E-state index contributed by atoms with van der Waals surface area (Å²) in [5, 5.41) is 13.1. The Kier molecular flexibility index (Phi) is 3.76. The number of carbonyl (C=O) groups is 1. The molecule has 0 saturated heterocycles. The number of benzene rings is 1. The first kappa shape index (κ1) is 15.7. The highest BCUT2D eigenvalue weighted by Gasteiger charge is 2.15. The normalized spacial score (nSPS) is 10.8. The summed E-state index contributed by atoms with van der Waals surface area (Å²) in [6.07, 6.45) is 3.35. The Morgan fingerprint density at radius 3 is 2.54 bits per heavy atom. The van der Waals surface area contributed by atoms with Crippen LogP contribution >= 0.6 is 0 Å². The van der Waals surface area contributed by atoms with Gasteiger partial charge in [0, 0.05) is 35.6 Å². The number of nitrogens with zero attached hydrogens (tertiary/aromatic N) is 3. The maximum atomic E-state index is 14.0. The van der Waals surface area contributed by atoms with Gasteiger partial charge in [0.25, 0.3) is 0 Å². The number of anilines is 1. The van der Waals surface area contributed by atoms with Crippen molar-refractivity contribution in [2.45, 2.75) is 6.92 Å². The molecule has 0 spiro atoms. The molecule has 3 rings (SSSR count). The van der Waals surface area contributed by atoms with Crippen molar-refractivity contribution < 1.29 is 14.3 Å². The van der Waals surface area contributed by atoms with Gasteiger partial charge < -0.3 is 10.8 Å². The summed E-state index contributed by atoms with van der Waals surface area (Å²) in [4.78, 5) is 15.1. The Balaban J connectivity index is 2.12. The molecule has 2 heterocycles. The zero-order valence-corrected chi connectivity index (χ0v) is 13.1. The molecule has 0 fully saturated rings. The number of nitrogens with two attached hydrogens (primary N) is 1. The van der Waals surface area contributed by atoms with Gasteiger partial charge in [0.15, 0.2) is 0 Å². The fourth-order valence-electron chi connectivity index (χ4n) is 2.49. The Hall–Kier alpha value is -3.22. The van der Waals surface area contributed by atoms with Crippen molar-refractivity contribution in [1.82, 2.24) is 14.8 Å². The Bertz CT molecular complexity index is 950. The second kappa shape index (κ2) is 5.77. The zero-order valence-electron chi connectivity index (χ0n) is 13.1. The molecule has 0 aliphatic rings. The van der Waals surface area contributed by atoms with Crippen LogP contribution in [0.5, 0.6) is 0 Å². The molecule has 0 atom stereocenters. The van der Waals surface area contributed by atoms with Gasteiger partial charge in [-0.05, 0) is 30.7 Å². The number of hydrogen-bond donors (Lipinski definition) is 2. The highest BCUT2D eigenvalue weighted by molar-refractivity contribution is 5.89. The number of carboxylic acids is 1. The number of nitrogen functional groups attached to an aromatic ring is 1. The summed E-state index contributed by atoms with van der Waals surface area (Å²) in [5.74, 6) is -1.89. The fourth-order valence-corrected chi connectivity index (χ4v) is 2.49. The van der Waals surface area contributed by atoms with Gasteiger partial charge in [-0.25, -0.2) is 14.2 Å². The number of hydrogen-bond acceptors (Lipinski definition) is 4. The number of rotatable bonds is 3. The number of aryl methyl sites for hydroxylation is 1. The van der Waals surface area contributed by atoms with Crippen LogP contribution in [-0.4, -0.2) is 25.8 Å². The highest BCUT2D eigenvalue weighted by atomic mass is 19.1. The lowest BCUT2D eigenvalue weighted by molar-refractivity contribution is 0.0692. The number of pyridine rings is 1. The van der Waals surface area contributed by atoms with Crippen LogP contribution in [0, 0.1) is 12.7 Å². The summed E-state index contributed by atoms with van der Waals surface area (Å²) in [6, 6.07) is 5.67. The van der Waals surface area contributed by atoms with Crippen LogP contribution in [0.1, 0.15) is 16.1 Å². The molecule has 24 heavy (non-hydrogen) atoms. The van der Waals surface area contributed by atoms with Gasteiger partial charge >= 0.3 is 5.97 Å². The monoisotopic (exact) mass is 326 g/mol. The third-order valence-electron chi connectivity index (χ3n) is 3.98. The van der Waals surface area contributed by atoms with Crippen LogP contribution in [0.25, 0.3) is 22.3 Å². The van der Waals surface area contributed by atoms with Gasteiger partial charge in [0.05, 0.1) is 11.8 Å². The summed E-state index contributed by atoms with van der Waals surface area (Å²) in [5.41, 5.74) is 9.19. The minimum atomic E-state index is -1.31. The Morgan fingerprint density at radius 1 is 1.21 bits per heavy atom. The van der Waals surface area contributed by atoms with E-state index in [0.717, 1.165) is 22.9 Å². The largest absolute Gasteiger partial charge is 0.478 e. The topological polar surface area (TPSA) is 94.0 Å². The smallest absolute Gasteiger partial charge is 0.338 e. The highest BCUT2D eigenvalue weighted by Crippen LogP contribution is 2.31. The van der Waals surface area contributed by atoms with Crippen molar-refractivity contribution in [3.05, 3.63) is 53.7 Å². The average molecular weight is 326 g/mol. The number of aromatic carboxylic acids is 1. The predicted molar refractivity (Wildman–Crippen MR) is 87.9 cm³/mol. The molecule has 0 amide bonds. The maximum Gasteiger partial charge on any atom is 0.338 e. The lowest BCUT2D eigenvalue weighted by Gasteiger charge is -2.09. The van der Waals surface area contributed by atoms with Gasteiger partial charge in [0.2, 0.25) is 0 Å². The second-order valence-corrected chi connectivity index (χ2v) is 5.42. The van der Waals surface area contributed by atoms with Gasteiger partial charge in [0.1, 0.15) is 11.6 Å². The van der Waals surface area contributed by atoms with Crippen LogP contribution < -0.4 is 5.73 Å². The average Bonchev–Trinajstić information content (AvgIpc) is 2.87. The van der Waals surface area contributed by atoms with Crippen LogP contribution in [0.3, 0.4) is 0 Å². The standard InChI is InChI=1S/C17H15FN4O2/c1-9-14(8-21-22(9)2)11-5-13(16(19)20-7-11)10-3-4-12(17(23)24)15(18)6-10/h3-8H,1-2H3,(H2,19,20)(H,23,24). The van der Waals surface area contributed by atoms with Crippen molar-refractivity contribution in [2.24, 2.45) is 7.05 Å². The molecule has 0 unspecified atom stereocenters. The van der Waals surface area contributed by atoms with Gasteiger partial charge in [-0.1, -0.05) is 6.07 Å². The first-order valence-electron chi connectivity index (χ1n) is 7.16.